The minimum absolute atomic E-state index is 0.0950. The number of benzene rings is 1. The van der Waals surface area contributed by atoms with Gasteiger partial charge in [0.15, 0.2) is 0 Å². The highest BCUT2D eigenvalue weighted by atomic mass is 16.4. The normalized spacial score (nSPS) is 12.3. The zero-order valence-electron chi connectivity index (χ0n) is 12.4. The van der Waals surface area contributed by atoms with Gasteiger partial charge >= 0.3 is 5.97 Å². The zero-order chi connectivity index (χ0) is 15.6. The van der Waals surface area contributed by atoms with Gasteiger partial charge in [0.2, 0.25) is 5.91 Å². The van der Waals surface area contributed by atoms with E-state index in [2.05, 4.69) is 4.98 Å². The van der Waals surface area contributed by atoms with Gasteiger partial charge < -0.3 is 14.6 Å². The van der Waals surface area contributed by atoms with Crippen molar-refractivity contribution in [2.24, 2.45) is 0 Å². The quantitative estimate of drug-likeness (QED) is 0.905. The van der Waals surface area contributed by atoms with Crippen LogP contribution >= 0.6 is 0 Å². The predicted octanol–water partition coefficient (Wildman–Crippen LogP) is 1.53. The van der Waals surface area contributed by atoms with E-state index in [-0.39, 0.29) is 12.5 Å². The number of imidazole rings is 1. The van der Waals surface area contributed by atoms with E-state index in [0.29, 0.717) is 6.42 Å². The Kier molecular flexibility index (Phi) is 4.26. The van der Waals surface area contributed by atoms with Crippen molar-refractivity contribution in [2.75, 3.05) is 7.05 Å². The monoisotopic (exact) mass is 289 g/mol. The maximum atomic E-state index is 12.3. The largest absolute Gasteiger partial charge is 0.480 e. The lowest BCUT2D eigenvalue weighted by Crippen LogP contribution is -2.42. The Hall–Kier alpha value is -2.37. The number of carboxylic acids is 1. The van der Waals surface area contributed by atoms with Gasteiger partial charge in [-0.3, -0.25) is 4.79 Å². The second-order valence-corrected chi connectivity index (χ2v) is 4.98. The Morgan fingerprint density at radius 1 is 1.38 bits per heavy atom. The number of aromatic nitrogens is 2. The second-order valence-electron chi connectivity index (χ2n) is 4.98. The van der Waals surface area contributed by atoms with Crippen LogP contribution in [0.15, 0.2) is 24.3 Å². The van der Waals surface area contributed by atoms with Crippen LogP contribution in [-0.2, 0) is 22.6 Å². The summed E-state index contributed by atoms with van der Waals surface area (Å²) in [6.07, 6.45) is 0.708. The van der Waals surface area contributed by atoms with Crippen LogP contribution in [0.3, 0.4) is 0 Å². The van der Waals surface area contributed by atoms with Crippen LogP contribution in [0.1, 0.15) is 19.7 Å². The molecule has 0 aliphatic rings. The molecule has 6 nitrogen and oxygen atoms in total. The molecule has 0 radical (unpaired) electrons. The molecule has 1 N–H and O–H groups in total. The molecular formula is C15H19N3O3. The van der Waals surface area contributed by atoms with E-state index < -0.39 is 12.0 Å². The van der Waals surface area contributed by atoms with Crippen molar-refractivity contribution in [1.29, 1.82) is 0 Å². The number of carbonyl (C=O) groups excluding carboxylic acids is 1. The molecule has 0 aliphatic heterocycles. The molecule has 1 amide bonds. The Morgan fingerprint density at radius 3 is 2.67 bits per heavy atom. The molecule has 2 rings (SSSR count). The summed E-state index contributed by atoms with van der Waals surface area (Å²) in [4.78, 5) is 29.0. The molecule has 1 unspecified atom stereocenters. The van der Waals surface area contributed by atoms with Crippen molar-refractivity contribution in [3.05, 3.63) is 30.1 Å². The van der Waals surface area contributed by atoms with E-state index in [1.807, 2.05) is 35.8 Å². The first-order valence-corrected chi connectivity index (χ1v) is 6.88. The third-order valence-electron chi connectivity index (χ3n) is 3.67. The number of para-hydroxylation sites is 2. The lowest BCUT2D eigenvalue weighted by molar-refractivity contribution is -0.148. The number of nitrogens with zero attached hydrogens (tertiary/aromatic N) is 3. The maximum Gasteiger partial charge on any atom is 0.326 e. The molecule has 2 aromatic rings. The molecule has 6 heteroatoms. The smallest absolute Gasteiger partial charge is 0.326 e. The van der Waals surface area contributed by atoms with Gasteiger partial charge in [-0.05, 0) is 19.1 Å². The number of rotatable bonds is 5. The molecule has 0 fully saturated rings. The summed E-state index contributed by atoms with van der Waals surface area (Å²) >= 11 is 0. The number of carbonyl (C=O) groups is 2. The van der Waals surface area contributed by atoms with E-state index in [1.165, 1.54) is 18.9 Å². The summed E-state index contributed by atoms with van der Waals surface area (Å²) in [6, 6.07) is 6.76. The number of fused-ring (bicyclic) bond motifs is 1. The molecule has 112 valence electrons. The van der Waals surface area contributed by atoms with Crippen LogP contribution in [0.2, 0.25) is 0 Å². The third-order valence-corrected chi connectivity index (χ3v) is 3.67. The highest BCUT2D eigenvalue weighted by Crippen LogP contribution is 2.17. The fourth-order valence-corrected chi connectivity index (χ4v) is 2.20. The van der Waals surface area contributed by atoms with Gasteiger partial charge in [-0.15, -0.1) is 0 Å². The van der Waals surface area contributed by atoms with Gasteiger partial charge in [-0.1, -0.05) is 19.1 Å². The lowest BCUT2D eigenvalue weighted by atomic mass is 10.3. The van der Waals surface area contributed by atoms with Crippen LogP contribution < -0.4 is 0 Å². The number of carboxylic acid groups (broad SMARTS) is 1. The van der Waals surface area contributed by atoms with E-state index in [9.17, 15) is 9.59 Å². The van der Waals surface area contributed by atoms with Crippen LogP contribution in [0.25, 0.3) is 11.0 Å². The van der Waals surface area contributed by atoms with Crippen LogP contribution in [0.5, 0.6) is 0 Å². The molecular weight excluding hydrogens is 270 g/mol. The first-order chi connectivity index (χ1) is 9.95. The van der Waals surface area contributed by atoms with Crippen molar-refractivity contribution >= 4 is 22.9 Å². The molecule has 0 saturated carbocycles. The molecule has 0 aliphatic carbocycles. The van der Waals surface area contributed by atoms with Crippen molar-refractivity contribution in [2.45, 2.75) is 32.9 Å². The highest BCUT2D eigenvalue weighted by molar-refractivity contribution is 5.85. The first kappa shape index (κ1) is 15.0. The standard InChI is InChI=1S/C15H19N3O3/c1-4-13-16-11-7-5-6-8-12(11)18(13)9-14(19)17(3)10(2)15(20)21/h5-8,10H,4,9H2,1-3H3,(H,20,21). The highest BCUT2D eigenvalue weighted by Gasteiger charge is 2.23. The minimum atomic E-state index is -1.02. The maximum absolute atomic E-state index is 12.3. The average Bonchev–Trinajstić information content (AvgIpc) is 2.83. The molecule has 21 heavy (non-hydrogen) atoms. The van der Waals surface area contributed by atoms with Crippen molar-refractivity contribution in [3.8, 4) is 0 Å². The molecule has 1 aromatic heterocycles. The van der Waals surface area contributed by atoms with E-state index in [0.717, 1.165) is 16.9 Å². The van der Waals surface area contributed by atoms with Gasteiger partial charge in [0.25, 0.3) is 0 Å². The summed E-state index contributed by atoms with van der Waals surface area (Å²) in [7, 11) is 1.51. The fraction of sp³-hybridized carbons (Fsp3) is 0.400. The summed E-state index contributed by atoms with van der Waals surface area (Å²) in [6.45, 7) is 3.57. The zero-order valence-corrected chi connectivity index (χ0v) is 12.4. The molecule has 1 aromatic carbocycles. The fourth-order valence-electron chi connectivity index (χ4n) is 2.20. The van der Waals surface area contributed by atoms with Crippen molar-refractivity contribution in [1.82, 2.24) is 14.5 Å². The predicted molar refractivity (Wildman–Crippen MR) is 79.0 cm³/mol. The van der Waals surface area contributed by atoms with Gasteiger partial charge in [-0.2, -0.15) is 0 Å². The van der Waals surface area contributed by atoms with Gasteiger partial charge in [0, 0.05) is 13.5 Å². The summed E-state index contributed by atoms with van der Waals surface area (Å²) in [5.74, 6) is -0.444. The van der Waals surface area contributed by atoms with Crippen LogP contribution in [-0.4, -0.2) is 44.5 Å². The average molecular weight is 289 g/mol. The molecule has 0 saturated heterocycles. The van der Waals surface area contributed by atoms with Gasteiger partial charge in [0.05, 0.1) is 11.0 Å². The lowest BCUT2D eigenvalue weighted by Gasteiger charge is -2.22. The summed E-state index contributed by atoms with van der Waals surface area (Å²) in [5, 5.41) is 8.99. The van der Waals surface area contributed by atoms with E-state index >= 15 is 0 Å². The number of aryl methyl sites for hydroxylation is 1. The minimum Gasteiger partial charge on any atom is -0.480 e. The first-order valence-electron chi connectivity index (χ1n) is 6.88. The number of amides is 1. The van der Waals surface area contributed by atoms with Crippen molar-refractivity contribution < 1.29 is 14.7 Å². The van der Waals surface area contributed by atoms with Crippen LogP contribution in [0.4, 0.5) is 0 Å². The van der Waals surface area contributed by atoms with Crippen molar-refractivity contribution in [3.63, 3.8) is 0 Å². The third kappa shape index (κ3) is 2.89. The Morgan fingerprint density at radius 2 is 2.05 bits per heavy atom. The molecule has 0 spiro atoms. The SMILES string of the molecule is CCc1nc2ccccc2n1CC(=O)N(C)C(C)C(=O)O. The number of hydrogen-bond donors (Lipinski definition) is 1. The molecule has 0 bridgehead atoms. The molecule has 1 atom stereocenters. The van der Waals surface area contributed by atoms with E-state index in [4.69, 9.17) is 5.11 Å². The topological polar surface area (TPSA) is 75.4 Å². The van der Waals surface area contributed by atoms with Gasteiger partial charge in [-0.25, -0.2) is 9.78 Å². The second kappa shape index (κ2) is 5.95. The Bertz CT molecular complexity index is 678. The van der Waals surface area contributed by atoms with Crippen LogP contribution in [0, 0.1) is 0 Å². The van der Waals surface area contributed by atoms with E-state index in [1.54, 1.807) is 0 Å². The Labute approximate surface area is 123 Å². The number of likely N-dealkylation sites (N-methyl/N-ethyl adjacent to an activating group) is 1. The number of hydrogen-bond acceptors (Lipinski definition) is 3. The number of aliphatic carboxylic acids is 1. The summed E-state index contributed by atoms with van der Waals surface area (Å²) in [5.41, 5.74) is 1.73. The van der Waals surface area contributed by atoms with Gasteiger partial charge in [0.1, 0.15) is 18.4 Å². The Balaban J connectivity index is 2.31. The summed E-state index contributed by atoms with van der Waals surface area (Å²) < 4.78 is 1.85. The molecule has 1 heterocycles.